The van der Waals surface area contributed by atoms with Crippen molar-refractivity contribution in [2.45, 2.75) is 31.6 Å². The summed E-state index contributed by atoms with van der Waals surface area (Å²) in [6.07, 6.45) is -2.57. The number of nitrogens with one attached hydrogen (secondary N) is 3. The molecule has 166 valence electrons. The maximum Gasteiger partial charge on any atom is 0.416 e. The molecule has 1 saturated heterocycles. The van der Waals surface area contributed by atoms with Gasteiger partial charge in [-0.25, -0.2) is 4.79 Å². The summed E-state index contributed by atoms with van der Waals surface area (Å²) in [6.45, 7) is 1.34. The number of halogens is 3. The lowest BCUT2D eigenvalue weighted by Crippen LogP contribution is -2.46. The number of urea groups is 1. The molecule has 32 heavy (non-hydrogen) atoms. The molecule has 2 atom stereocenters. The van der Waals surface area contributed by atoms with Crippen LogP contribution in [0.3, 0.4) is 0 Å². The summed E-state index contributed by atoms with van der Waals surface area (Å²) in [7, 11) is 0. The summed E-state index contributed by atoms with van der Waals surface area (Å²) in [6, 6.07) is 8.84. The van der Waals surface area contributed by atoms with E-state index in [2.05, 4.69) is 15.6 Å². The number of aromatic nitrogens is 1. The number of anilines is 1. The van der Waals surface area contributed by atoms with Gasteiger partial charge < -0.3 is 15.6 Å². The van der Waals surface area contributed by atoms with Crippen LogP contribution >= 0.6 is 0 Å². The predicted molar refractivity (Wildman–Crippen MR) is 111 cm³/mol. The highest BCUT2D eigenvalue weighted by Crippen LogP contribution is 2.31. The maximum atomic E-state index is 12.9. The normalized spacial score (nSPS) is 17.5. The number of amides is 4. The Kier molecular flexibility index (Phi) is 5.37. The second-order valence-electron chi connectivity index (χ2n) is 7.52. The molecule has 1 aromatic heterocycles. The fourth-order valence-corrected chi connectivity index (χ4v) is 3.71. The number of H-pyrrole nitrogens is 1. The quantitative estimate of drug-likeness (QED) is 0.524. The average Bonchev–Trinajstić information content (AvgIpc) is 3.28. The number of alkyl halides is 3. The number of hydrogen-bond acceptors (Lipinski definition) is 3. The molecule has 7 nitrogen and oxygen atoms in total. The average molecular weight is 444 g/mol. The van der Waals surface area contributed by atoms with Crippen molar-refractivity contribution in [3.63, 3.8) is 0 Å². The second kappa shape index (κ2) is 8.03. The molecule has 2 heterocycles. The van der Waals surface area contributed by atoms with E-state index in [1.54, 1.807) is 6.20 Å². The van der Waals surface area contributed by atoms with Crippen molar-refractivity contribution >= 4 is 34.4 Å². The van der Waals surface area contributed by atoms with E-state index in [1.165, 1.54) is 13.0 Å². The Morgan fingerprint density at radius 1 is 1.16 bits per heavy atom. The predicted octanol–water partition coefficient (Wildman–Crippen LogP) is 3.68. The van der Waals surface area contributed by atoms with Crippen LogP contribution in [0.4, 0.5) is 23.7 Å². The minimum absolute atomic E-state index is 0.0842. The number of benzene rings is 2. The number of carbonyl (C=O) groups excluding carboxylic acids is 3. The van der Waals surface area contributed by atoms with Crippen LogP contribution in [0, 0.1) is 0 Å². The van der Waals surface area contributed by atoms with Crippen molar-refractivity contribution in [1.82, 2.24) is 15.2 Å². The van der Waals surface area contributed by atoms with Crippen molar-refractivity contribution in [2.24, 2.45) is 0 Å². The van der Waals surface area contributed by atoms with Crippen molar-refractivity contribution in [3.05, 3.63) is 65.9 Å². The number of para-hydroxylation sites is 1. The monoisotopic (exact) mass is 444 g/mol. The van der Waals surface area contributed by atoms with E-state index in [4.69, 9.17) is 0 Å². The first-order chi connectivity index (χ1) is 15.1. The first-order valence-corrected chi connectivity index (χ1v) is 9.82. The number of hydrogen-bond donors (Lipinski definition) is 3. The van der Waals surface area contributed by atoms with Crippen LogP contribution in [-0.4, -0.2) is 39.8 Å². The van der Waals surface area contributed by atoms with E-state index in [1.807, 2.05) is 24.3 Å². The van der Waals surface area contributed by atoms with Crippen LogP contribution in [0.5, 0.6) is 0 Å². The number of carbonyl (C=O) groups is 3. The van der Waals surface area contributed by atoms with Gasteiger partial charge in [0.25, 0.3) is 5.91 Å². The number of fused-ring (bicyclic) bond motifs is 1. The summed E-state index contributed by atoms with van der Waals surface area (Å²) >= 11 is 0. The minimum atomic E-state index is -4.56. The summed E-state index contributed by atoms with van der Waals surface area (Å²) in [5.41, 5.74) is 0.725. The maximum absolute atomic E-state index is 12.9. The van der Waals surface area contributed by atoms with Crippen LogP contribution < -0.4 is 10.6 Å². The van der Waals surface area contributed by atoms with Gasteiger partial charge >= 0.3 is 12.2 Å². The Bertz CT molecular complexity index is 1200. The molecule has 0 spiro atoms. The van der Waals surface area contributed by atoms with Crippen molar-refractivity contribution in [1.29, 1.82) is 0 Å². The molecule has 4 rings (SSSR count). The largest absolute Gasteiger partial charge is 0.416 e. The summed E-state index contributed by atoms with van der Waals surface area (Å²) in [5, 5.41) is 5.84. The zero-order chi connectivity index (χ0) is 23.0. The SMILES string of the molecule is C[C@H](C(=O)Nc1cccc(C(F)(F)F)c1)N1C(=O)N[C@H](Cc2c[nH]c3ccccc23)C1=O. The van der Waals surface area contributed by atoms with E-state index in [0.717, 1.165) is 39.6 Å². The molecule has 4 amide bonds. The van der Waals surface area contributed by atoms with Gasteiger partial charge in [0, 0.05) is 29.2 Å². The van der Waals surface area contributed by atoms with Gasteiger partial charge in [-0.3, -0.25) is 14.5 Å². The van der Waals surface area contributed by atoms with Gasteiger partial charge in [0.1, 0.15) is 12.1 Å². The summed E-state index contributed by atoms with van der Waals surface area (Å²) in [5.74, 6) is -1.35. The van der Waals surface area contributed by atoms with Gasteiger partial charge in [-0.15, -0.1) is 0 Å². The zero-order valence-electron chi connectivity index (χ0n) is 16.9. The molecule has 0 aliphatic carbocycles. The van der Waals surface area contributed by atoms with Gasteiger partial charge in [0.05, 0.1) is 5.56 Å². The lowest BCUT2D eigenvalue weighted by atomic mass is 10.0. The van der Waals surface area contributed by atoms with Crippen molar-refractivity contribution in [2.75, 3.05) is 5.32 Å². The highest BCUT2D eigenvalue weighted by molar-refractivity contribution is 6.09. The Morgan fingerprint density at radius 2 is 1.91 bits per heavy atom. The first-order valence-electron chi connectivity index (χ1n) is 9.82. The van der Waals surface area contributed by atoms with Gasteiger partial charge in [-0.05, 0) is 36.8 Å². The van der Waals surface area contributed by atoms with Crippen LogP contribution in [0.15, 0.2) is 54.7 Å². The van der Waals surface area contributed by atoms with Crippen molar-refractivity contribution in [3.8, 4) is 0 Å². The Labute approximate surface area is 180 Å². The fourth-order valence-electron chi connectivity index (χ4n) is 3.71. The third-order valence-corrected chi connectivity index (χ3v) is 5.38. The third kappa shape index (κ3) is 4.03. The molecule has 0 saturated carbocycles. The summed E-state index contributed by atoms with van der Waals surface area (Å²) < 4.78 is 38.7. The zero-order valence-corrected chi connectivity index (χ0v) is 16.9. The van der Waals surface area contributed by atoms with E-state index in [9.17, 15) is 27.6 Å². The van der Waals surface area contributed by atoms with Gasteiger partial charge in [-0.2, -0.15) is 13.2 Å². The van der Waals surface area contributed by atoms with Gasteiger partial charge in [-0.1, -0.05) is 24.3 Å². The first kappa shape index (κ1) is 21.4. The van der Waals surface area contributed by atoms with E-state index in [-0.39, 0.29) is 12.1 Å². The van der Waals surface area contributed by atoms with Crippen molar-refractivity contribution < 1.29 is 27.6 Å². The number of rotatable bonds is 5. The number of aromatic amines is 1. The molecule has 3 aromatic rings. The summed E-state index contributed by atoms with van der Waals surface area (Å²) in [4.78, 5) is 41.8. The van der Waals surface area contributed by atoms with Crippen LogP contribution in [0.2, 0.25) is 0 Å². The lowest BCUT2D eigenvalue weighted by molar-refractivity contribution is -0.137. The molecule has 10 heteroatoms. The van der Waals surface area contributed by atoms with E-state index >= 15 is 0 Å². The van der Waals surface area contributed by atoms with Crippen LogP contribution in [0.25, 0.3) is 10.9 Å². The molecule has 0 bridgehead atoms. The molecule has 1 fully saturated rings. The Hall–Kier alpha value is -3.82. The molecule has 2 aromatic carbocycles. The second-order valence-corrected chi connectivity index (χ2v) is 7.52. The Balaban J connectivity index is 1.47. The topological polar surface area (TPSA) is 94.3 Å². The molecule has 0 unspecified atom stereocenters. The van der Waals surface area contributed by atoms with Crippen LogP contribution in [0.1, 0.15) is 18.1 Å². The molecule has 3 N–H and O–H groups in total. The number of nitrogens with zero attached hydrogens (tertiary/aromatic N) is 1. The lowest BCUT2D eigenvalue weighted by Gasteiger charge is -2.21. The Morgan fingerprint density at radius 3 is 2.66 bits per heavy atom. The molecular weight excluding hydrogens is 425 g/mol. The highest BCUT2D eigenvalue weighted by Gasteiger charge is 2.43. The third-order valence-electron chi connectivity index (χ3n) is 5.38. The fraction of sp³-hybridized carbons (Fsp3) is 0.227. The minimum Gasteiger partial charge on any atom is -0.361 e. The molecular formula is C22H19F3N4O3. The van der Waals surface area contributed by atoms with Gasteiger partial charge in [0.15, 0.2) is 0 Å². The van der Waals surface area contributed by atoms with E-state index < -0.39 is 41.7 Å². The smallest absolute Gasteiger partial charge is 0.361 e. The molecule has 1 aliphatic heterocycles. The molecule has 0 radical (unpaired) electrons. The molecule has 1 aliphatic rings. The number of imide groups is 1. The van der Waals surface area contributed by atoms with Crippen LogP contribution in [-0.2, 0) is 22.2 Å². The standard InChI is InChI=1S/C22H19F3N4O3/c1-12(19(30)27-15-6-4-5-14(10-15)22(23,24)25)29-20(31)18(28-21(29)32)9-13-11-26-17-8-3-2-7-16(13)17/h2-8,10-12,18,26H,9H2,1H3,(H,27,30)(H,28,32)/t12-,18-/m1/s1. The van der Waals surface area contributed by atoms with Gasteiger partial charge in [0.2, 0.25) is 5.91 Å². The highest BCUT2D eigenvalue weighted by atomic mass is 19.4. The van der Waals surface area contributed by atoms with E-state index in [0.29, 0.717) is 0 Å².